The van der Waals surface area contributed by atoms with E-state index in [1.807, 2.05) is 0 Å². The minimum absolute atomic E-state index is 0.0727. The summed E-state index contributed by atoms with van der Waals surface area (Å²) < 4.78 is 17.3. The van der Waals surface area contributed by atoms with E-state index in [0.717, 1.165) is 77.0 Å². The quantitative estimate of drug-likeness (QED) is 0.0350. The highest BCUT2D eigenvalue weighted by atomic mass is 16.6. The Balaban J connectivity index is 4.28. The summed E-state index contributed by atoms with van der Waals surface area (Å²) in [7, 11) is 0. The van der Waals surface area contributed by atoms with Crippen LogP contribution in [0.3, 0.4) is 0 Å². The number of ether oxygens (including phenoxy) is 3. The standard InChI is InChI=1S/C51H90O5/c1-4-7-10-13-16-19-22-24-26-27-30-32-35-38-41-44-50(52)55-48-49(56-51(53)45-42-39-36-33-29-21-18-15-12-9-6-3)47-54-46-43-40-37-34-31-28-25-23-20-17-14-11-8-5-2/h7,10-11,14,16,19-20,23-24,26,49H,4-6,8-9,12-13,15,17-18,21-22,25,27-48H2,1-3H3/b10-7-,14-11-,19-16-,23-20-,26-24-. The zero-order valence-electron chi connectivity index (χ0n) is 37.1. The van der Waals surface area contributed by atoms with Crippen LogP contribution in [0.15, 0.2) is 60.8 Å². The monoisotopic (exact) mass is 783 g/mol. The lowest BCUT2D eigenvalue weighted by Crippen LogP contribution is -2.30. The van der Waals surface area contributed by atoms with E-state index >= 15 is 0 Å². The van der Waals surface area contributed by atoms with Crippen molar-refractivity contribution in [3.63, 3.8) is 0 Å². The molecular weight excluding hydrogens is 693 g/mol. The lowest BCUT2D eigenvalue weighted by Gasteiger charge is -2.18. The maximum atomic E-state index is 12.7. The molecule has 1 atom stereocenters. The Morgan fingerprint density at radius 3 is 1.36 bits per heavy atom. The summed E-state index contributed by atoms with van der Waals surface area (Å²) in [5, 5.41) is 0. The molecule has 0 saturated heterocycles. The van der Waals surface area contributed by atoms with Crippen molar-refractivity contribution in [2.24, 2.45) is 0 Å². The minimum atomic E-state index is -0.546. The number of unbranched alkanes of at least 4 members (excludes halogenated alkanes) is 22. The van der Waals surface area contributed by atoms with Crippen molar-refractivity contribution in [1.29, 1.82) is 0 Å². The predicted octanol–water partition coefficient (Wildman–Crippen LogP) is 15.8. The van der Waals surface area contributed by atoms with Gasteiger partial charge in [0.15, 0.2) is 6.10 Å². The van der Waals surface area contributed by atoms with Gasteiger partial charge in [-0.1, -0.05) is 197 Å². The zero-order valence-corrected chi connectivity index (χ0v) is 37.1. The Morgan fingerprint density at radius 2 is 0.839 bits per heavy atom. The summed E-state index contributed by atoms with van der Waals surface area (Å²) in [5.74, 6) is -0.420. The van der Waals surface area contributed by atoms with Gasteiger partial charge in [-0.3, -0.25) is 9.59 Å². The third kappa shape index (κ3) is 44.3. The maximum Gasteiger partial charge on any atom is 0.306 e. The fourth-order valence-corrected chi connectivity index (χ4v) is 6.50. The van der Waals surface area contributed by atoms with Crippen LogP contribution < -0.4 is 0 Å². The first-order valence-electron chi connectivity index (χ1n) is 23.8. The highest BCUT2D eigenvalue weighted by Gasteiger charge is 2.17. The molecule has 324 valence electrons. The number of allylic oxidation sites excluding steroid dienone is 10. The maximum absolute atomic E-state index is 12.7. The molecule has 0 aliphatic rings. The number of rotatable bonds is 43. The Labute approximate surface area is 347 Å². The topological polar surface area (TPSA) is 61.8 Å². The lowest BCUT2D eigenvalue weighted by molar-refractivity contribution is -0.163. The zero-order chi connectivity index (χ0) is 40.7. The van der Waals surface area contributed by atoms with Gasteiger partial charge in [0.2, 0.25) is 0 Å². The predicted molar refractivity (Wildman–Crippen MR) is 242 cm³/mol. The average molecular weight is 783 g/mol. The van der Waals surface area contributed by atoms with E-state index in [1.165, 1.54) is 116 Å². The van der Waals surface area contributed by atoms with Gasteiger partial charge in [-0.15, -0.1) is 0 Å². The van der Waals surface area contributed by atoms with Crippen LogP contribution in [0.25, 0.3) is 0 Å². The molecule has 0 fully saturated rings. The summed E-state index contributed by atoms with van der Waals surface area (Å²) in [5.41, 5.74) is 0. The molecule has 0 rings (SSSR count). The highest BCUT2D eigenvalue weighted by Crippen LogP contribution is 2.14. The van der Waals surface area contributed by atoms with E-state index in [-0.39, 0.29) is 25.2 Å². The van der Waals surface area contributed by atoms with Gasteiger partial charge in [-0.25, -0.2) is 0 Å². The van der Waals surface area contributed by atoms with Gasteiger partial charge >= 0.3 is 11.9 Å². The molecule has 1 unspecified atom stereocenters. The molecule has 56 heavy (non-hydrogen) atoms. The molecule has 0 aromatic carbocycles. The van der Waals surface area contributed by atoms with Crippen molar-refractivity contribution in [3.05, 3.63) is 60.8 Å². The number of esters is 2. The smallest absolute Gasteiger partial charge is 0.306 e. The summed E-state index contributed by atoms with van der Waals surface area (Å²) in [6.45, 7) is 7.62. The molecule has 0 aromatic rings. The molecule has 0 N–H and O–H groups in total. The summed E-state index contributed by atoms with van der Waals surface area (Å²) in [6.07, 6.45) is 57.9. The van der Waals surface area contributed by atoms with Crippen molar-refractivity contribution in [2.45, 2.75) is 232 Å². The summed E-state index contributed by atoms with van der Waals surface area (Å²) >= 11 is 0. The van der Waals surface area contributed by atoms with Gasteiger partial charge in [0.05, 0.1) is 6.61 Å². The highest BCUT2D eigenvalue weighted by molar-refractivity contribution is 5.70. The van der Waals surface area contributed by atoms with Crippen LogP contribution in [0.2, 0.25) is 0 Å². The van der Waals surface area contributed by atoms with Gasteiger partial charge in [-0.05, 0) is 77.0 Å². The minimum Gasteiger partial charge on any atom is -0.462 e. The van der Waals surface area contributed by atoms with Gasteiger partial charge in [0.1, 0.15) is 6.61 Å². The van der Waals surface area contributed by atoms with Crippen LogP contribution in [0.4, 0.5) is 0 Å². The van der Waals surface area contributed by atoms with Gasteiger partial charge in [0, 0.05) is 19.4 Å². The third-order valence-corrected chi connectivity index (χ3v) is 10.0. The number of carbonyl (C=O) groups is 2. The van der Waals surface area contributed by atoms with Crippen LogP contribution in [0.5, 0.6) is 0 Å². The van der Waals surface area contributed by atoms with E-state index in [9.17, 15) is 9.59 Å². The van der Waals surface area contributed by atoms with Crippen molar-refractivity contribution in [2.75, 3.05) is 19.8 Å². The van der Waals surface area contributed by atoms with Gasteiger partial charge in [0.25, 0.3) is 0 Å². The molecule has 0 aromatic heterocycles. The molecule has 0 bridgehead atoms. The van der Waals surface area contributed by atoms with Crippen LogP contribution in [-0.2, 0) is 23.8 Å². The Morgan fingerprint density at radius 1 is 0.411 bits per heavy atom. The van der Waals surface area contributed by atoms with Crippen LogP contribution in [0.1, 0.15) is 226 Å². The first-order chi connectivity index (χ1) is 27.6. The van der Waals surface area contributed by atoms with Crippen molar-refractivity contribution >= 4 is 11.9 Å². The largest absolute Gasteiger partial charge is 0.462 e. The first-order valence-corrected chi connectivity index (χ1v) is 23.8. The fourth-order valence-electron chi connectivity index (χ4n) is 6.50. The molecule has 0 spiro atoms. The second-order valence-electron chi connectivity index (χ2n) is 15.6. The number of hydrogen-bond acceptors (Lipinski definition) is 5. The molecule has 0 aliphatic carbocycles. The molecule has 0 aliphatic heterocycles. The fraction of sp³-hybridized carbons (Fsp3) is 0.765. The molecular formula is C51H90O5. The second-order valence-corrected chi connectivity index (χ2v) is 15.6. The molecule has 0 amide bonds. The van der Waals surface area contributed by atoms with Crippen LogP contribution in [0, 0.1) is 0 Å². The lowest BCUT2D eigenvalue weighted by atomic mass is 10.1. The van der Waals surface area contributed by atoms with Gasteiger partial charge < -0.3 is 14.2 Å². The average Bonchev–Trinajstić information content (AvgIpc) is 3.20. The summed E-state index contributed by atoms with van der Waals surface area (Å²) in [4.78, 5) is 25.3. The Hall–Kier alpha value is -2.40. The molecule has 0 radical (unpaired) electrons. The molecule has 0 heterocycles. The van der Waals surface area contributed by atoms with E-state index in [0.29, 0.717) is 19.4 Å². The van der Waals surface area contributed by atoms with E-state index in [4.69, 9.17) is 14.2 Å². The Kier molecular flexibility index (Phi) is 45.0. The van der Waals surface area contributed by atoms with Crippen molar-refractivity contribution in [1.82, 2.24) is 0 Å². The van der Waals surface area contributed by atoms with Crippen molar-refractivity contribution in [3.8, 4) is 0 Å². The third-order valence-electron chi connectivity index (χ3n) is 10.0. The summed E-state index contributed by atoms with van der Waals surface area (Å²) in [6, 6.07) is 0. The molecule has 5 heteroatoms. The first kappa shape index (κ1) is 53.6. The second kappa shape index (κ2) is 47.0. The SMILES string of the molecule is CC/C=C\C/C=C\C/C=C\CCCCCCCC(=O)OCC(COCCCCCCCC/C=C\C/C=C\CCC)OC(=O)CCCCCCCCCCCCC. The van der Waals surface area contributed by atoms with Gasteiger partial charge in [-0.2, -0.15) is 0 Å². The van der Waals surface area contributed by atoms with Crippen molar-refractivity contribution < 1.29 is 23.8 Å². The number of hydrogen-bond donors (Lipinski definition) is 0. The molecule has 5 nitrogen and oxygen atoms in total. The Bertz CT molecular complexity index is 977. The normalized spacial score (nSPS) is 12.7. The van der Waals surface area contributed by atoms with Crippen LogP contribution in [-0.4, -0.2) is 37.9 Å². The van der Waals surface area contributed by atoms with E-state index in [2.05, 4.69) is 81.5 Å². The number of carbonyl (C=O) groups excluding carboxylic acids is 2. The molecule has 0 saturated carbocycles. The van der Waals surface area contributed by atoms with E-state index < -0.39 is 6.10 Å². The van der Waals surface area contributed by atoms with Crippen LogP contribution >= 0.6 is 0 Å². The van der Waals surface area contributed by atoms with E-state index in [1.54, 1.807) is 0 Å².